The zero-order valence-corrected chi connectivity index (χ0v) is 22.3. The molecule has 0 spiro atoms. The van der Waals surface area contributed by atoms with Crippen molar-refractivity contribution in [2.24, 2.45) is 0 Å². The second-order valence-corrected chi connectivity index (χ2v) is 15.5. The lowest BCUT2D eigenvalue weighted by Crippen LogP contribution is -2.56. The summed E-state index contributed by atoms with van der Waals surface area (Å²) in [6, 6.07) is 43.8. The van der Waals surface area contributed by atoms with Gasteiger partial charge in [0, 0.05) is 11.6 Å². The van der Waals surface area contributed by atoms with E-state index in [0.29, 0.717) is 18.8 Å². The highest BCUT2D eigenvalue weighted by molar-refractivity contribution is 6.83. The van der Waals surface area contributed by atoms with Crippen LogP contribution in [0.25, 0.3) is 0 Å². The highest BCUT2D eigenvalue weighted by atomic mass is 28.3. The van der Waals surface area contributed by atoms with E-state index in [-0.39, 0.29) is 11.1 Å². The molecule has 2 nitrogen and oxygen atoms in total. The van der Waals surface area contributed by atoms with Gasteiger partial charge in [-0.1, -0.05) is 134 Å². The van der Waals surface area contributed by atoms with E-state index in [0.717, 1.165) is 13.0 Å². The molecule has 4 aromatic carbocycles. The average Bonchev–Trinajstić information content (AvgIpc) is 3.42. The molecule has 1 aliphatic heterocycles. The molecule has 3 heteroatoms. The molecule has 0 saturated carbocycles. The summed E-state index contributed by atoms with van der Waals surface area (Å²) in [6.45, 7) is 7.22. The molecule has 1 heterocycles. The Labute approximate surface area is 216 Å². The molecule has 5 rings (SSSR count). The average molecular weight is 493 g/mol. The summed E-state index contributed by atoms with van der Waals surface area (Å²) >= 11 is 0. The molecule has 36 heavy (non-hydrogen) atoms. The second kappa shape index (κ2) is 11.0. The lowest BCUT2D eigenvalue weighted by Gasteiger charge is -2.50. The van der Waals surface area contributed by atoms with E-state index in [1.54, 1.807) is 0 Å². The van der Waals surface area contributed by atoms with Crippen LogP contribution in [0.3, 0.4) is 0 Å². The number of ether oxygens (including phenoxy) is 2. The van der Waals surface area contributed by atoms with Crippen molar-refractivity contribution in [1.29, 1.82) is 0 Å². The highest BCUT2D eigenvalue weighted by Gasteiger charge is 2.55. The maximum Gasteiger partial charge on any atom is 0.0809 e. The van der Waals surface area contributed by atoms with Crippen molar-refractivity contribution in [1.82, 2.24) is 0 Å². The first-order valence-electron chi connectivity index (χ1n) is 13.0. The predicted molar refractivity (Wildman–Crippen MR) is 151 cm³/mol. The molecule has 0 unspecified atom stereocenters. The van der Waals surface area contributed by atoms with E-state index >= 15 is 0 Å². The van der Waals surface area contributed by atoms with Crippen molar-refractivity contribution in [3.8, 4) is 0 Å². The SMILES string of the molecule is C[Si](C)([C@@H]1CO[C@H](COCc2ccccc2)C1)C(c1ccccc1)(c1ccccc1)c1ccccc1. The van der Waals surface area contributed by atoms with Gasteiger partial charge in [-0.2, -0.15) is 0 Å². The first kappa shape index (κ1) is 24.7. The van der Waals surface area contributed by atoms with E-state index in [1.807, 2.05) is 6.07 Å². The molecule has 1 fully saturated rings. The van der Waals surface area contributed by atoms with Gasteiger partial charge in [-0.05, 0) is 34.2 Å². The van der Waals surface area contributed by atoms with Gasteiger partial charge in [0.1, 0.15) is 0 Å². The van der Waals surface area contributed by atoms with Gasteiger partial charge in [-0.25, -0.2) is 0 Å². The van der Waals surface area contributed by atoms with Gasteiger partial charge in [0.05, 0.1) is 27.4 Å². The largest absolute Gasteiger partial charge is 0.376 e. The van der Waals surface area contributed by atoms with Crippen LogP contribution in [0, 0.1) is 0 Å². The van der Waals surface area contributed by atoms with Crippen LogP contribution in [-0.2, 0) is 21.1 Å². The predicted octanol–water partition coefficient (Wildman–Crippen LogP) is 7.64. The van der Waals surface area contributed by atoms with Crippen molar-refractivity contribution in [2.75, 3.05) is 13.2 Å². The standard InChI is InChI=1S/C33H36O2Si/c1-36(2,32-23-31(35-26-32)25-34-24-27-15-7-3-8-16-27)33(28-17-9-4-10-18-28,29-19-11-5-12-20-29)30-21-13-6-14-22-30/h3-22,31-32H,23-26H2,1-2H3/t31-,32-/m0/s1. The third-order valence-electron chi connectivity index (χ3n) is 8.10. The molecule has 1 saturated heterocycles. The third kappa shape index (κ3) is 4.71. The van der Waals surface area contributed by atoms with Gasteiger partial charge >= 0.3 is 0 Å². The van der Waals surface area contributed by atoms with Crippen molar-refractivity contribution >= 4 is 8.07 Å². The Hall–Kier alpha value is -2.98. The number of hydrogen-bond donors (Lipinski definition) is 0. The normalized spacial score (nSPS) is 18.3. The maximum absolute atomic E-state index is 6.40. The lowest BCUT2D eigenvalue weighted by molar-refractivity contribution is 0.0105. The Kier molecular flexibility index (Phi) is 7.52. The van der Waals surface area contributed by atoms with Gasteiger partial charge in [0.2, 0.25) is 0 Å². The monoisotopic (exact) mass is 492 g/mol. The molecule has 184 valence electrons. The van der Waals surface area contributed by atoms with Gasteiger partial charge < -0.3 is 9.47 Å². The topological polar surface area (TPSA) is 18.5 Å². The van der Waals surface area contributed by atoms with Crippen LogP contribution >= 0.6 is 0 Å². The van der Waals surface area contributed by atoms with Gasteiger partial charge in [0.25, 0.3) is 0 Å². The van der Waals surface area contributed by atoms with Gasteiger partial charge in [-0.15, -0.1) is 0 Å². The van der Waals surface area contributed by atoms with Gasteiger partial charge in [0.15, 0.2) is 0 Å². The number of hydrogen-bond acceptors (Lipinski definition) is 2. The van der Waals surface area contributed by atoms with Crippen LogP contribution in [0.1, 0.15) is 28.7 Å². The first-order chi connectivity index (χ1) is 17.6. The summed E-state index contributed by atoms with van der Waals surface area (Å²) in [4.78, 5) is 0. The number of rotatable bonds is 9. The van der Waals surface area contributed by atoms with Crippen molar-refractivity contribution in [3.63, 3.8) is 0 Å². The summed E-state index contributed by atoms with van der Waals surface area (Å²) in [5.41, 5.74) is 5.84. The summed E-state index contributed by atoms with van der Waals surface area (Å²) in [5.74, 6) is 0. The maximum atomic E-state index is 6.40. The fourth-order valence-corrected chi connectivity index (χ4v) is 10.9. The van der Waals surface area contributed by atoms with Crippen LogP contribution in [0.5, 0.6) is 0 Å². The molecular weight excluding hydrogens is 456 g/mol. The summed E-state index contributed by atoms with van der Waals surface area (Å²) in [7, 11) is -2.10. The van der Waals surface area contributed by atoms with E-state index in [9.17, 15) is 0 Å². The molecule has 4 aromatic rings. The molecule has 0 radical (unpaired) electrons. The van der Waals surface area contributed by atoms with E-state index in [2.05, 4.69) is 128 Å². The van der Waals surface area contributed by atoms with Crippen molar-refractivity contribution in [2.45, 2.75) is 42.8 Å². The zero-order valence-electron chi connectivity index (χ0n) is 21.3. The Morgan fingerprint density at radius 2 is 1.14 bits per heavy atom. The molecule has 2 atom stereocenters. The second-order valence-electron chi connectivity index (χ2n) is 10.5. The smallest absolute Gasteiger partial charge is 0.0809 e. The number of benzene rings is 4. The van der Waals surface area contributed by atoms with Crippen LogP contribution in [-0.4, -0.2) is 27.4 Å². The Bertz CT molecular complexity index is 1110. The Morgan fingerprint density at radius 1 is 0.694 bits per heavy atom. The van der Waals surface area contributed by atoms with Crippen LogP contribution in [0.2, 0.25) is 18.6 Å². The summed E-state index contributed by atoms with van der Waals surface area (Å²) < 4.78 is 12.5. The molecule has 0 amide bonds. The molecule has 0 N–H and O–H groups in total. The molecule has 1 aliphatic rings. The molecule has 0 aromatic heterocycles. The van der Waals surface area contributed by atoms with Gasteiger partial charge in [-0.3, -0.25) is 0 Å². The van der Waals surface area contributed by atoms with Crippen molar-refractivity contribution in [3.05, 3.63) is 144 Å². The summed E-state index contributed by atoms with van der Waals surface area (Å²) in [5, 5.41) is -0.190. The minimum absolute atomic E-state index is 0.144. The first-order valence-corrected chi connectivity index (χ1v) is 16.1. The van der Waals surface area contributed by atoms with E-state index in [1.165, 1.54) is 22.3 Å². The Morgan fingerprint density at radius 3 is 1.61 bits per heavy atom. The highest BCUT2D eigenvalue weighted by Crippen LogP contribution is 2.53. The zero-order chi connectivity index (χ0) is 24.8. The van der Waals surface area contributed by atoms with Crippen LogP contribution in [0.15, 0.2) is 121 Å². The van der Waals surface area contributed by atoms with E-state index < -0.39 is 8.07 Å². The lowest BCUT2D eigenvalue weighted by atomic mass is 9.83. The molecular formula is C33H36O2Si. The summed E-state index contributed by atoms with van der Waals surface area (Å²) in [6.07, 6.45) is 1.19. The molecule has 0 bridgehead atoms. The van der Waals surface area contributed by atoms with Crippen LogP contribution < -0.4 is 0 Å². The third-order valence-corrected chi connectivity index (χ3v) is 13.3. The molecule has 0 aliphatic carbocycles. The quantitative estimate of drug-likeness (QED) is 0.176. The fourth-order valence-electron chi connectivity index (χ4n) is 6.19. The van der Waals surface area contributed by atoms with Crippen molar-refractivity contribution < 1.29 is 9.47 Å². The Balaban J connectivity index is 1.48. The minimum Gasteiger partial charge on any atom is -0.376 e. The minimum atomic E-state index is -2.10. The fraction of sp³-hybridized carbons (Fsp3) is 0.273. The van der Waals surface area contributed by atoms with Crippen LogP contribution in [0.4, 0.5) is 0 Å². The van der Waals surface area contributed by atoms with E-state index in [4.69, 9.17) is 9.47 Å².